The van der Waals surface area contributed by atoms with E-state index < -0.39 is 5.67 Å². The molecule has 4 aliphatic rings. The number of rotatable bonds is 4. The highest BCUT2D eigenvalue weighted by Crippen LogP contribution is 2.46. The second-order valence-corrected chi connectivity index (χ2v) is 9.27. The van der Waals surface area contributed by atoms with Gasteiger partial charge in [0.25, 0.3) is 0 Å². The molecule has 1 saturated heterocycles. The summed E-state index contributed by atoms with van der Waals surface area (Å²) in [6.07, 6.45) is 14.9. The first-order valence-corrected chi connectivity index (χ1v) is 11.4. The zero-order valence-corrected chi connectivity index (χ0v) is 17.2. The first-order chi connectivity index (χ1) is 14.1. The molecule has 0 aromatic carbocycles. The Balaban J connectivity index is 1.20. The summed E-state index contributed by atoms with van der Waals surface area (Å²) in [5, 5.41) is 0. The second kappa shape index (κ2) is 7.69. The number of likely N-dealkylation sites (tertiary alicyclic amines) is 1. The van der Waals surface area contributed by atoms with Crippen molar-refractivity contribution in [2.45, 2.75) is 82.3 Å². The van der Waals surface area contributed by atoms with Crippen molar-refractivity contribution in [1.82, 2.24) is 14.5 Å². The van der Waals surface area contributed by atoms with Crippen LogP contribution in [0.15, 0.2) is 23.2 Å². The average molecular weight is 399 g/mol. The minimum atomic E-state index is -1.15. The summed E-state index contributed by atoms with van der Waals surface area (Å²) in [6, 6.07) is 0.111. The van der Waals surface area contributed by atoms with Gasteiger partial charge in [0.05, 0.1) is 30.0 Å². The number of aliphatic imine (C=N–C) groups is 1. The van der Waals surface area contributed by atoms with Gasteiger partial charge in [-0.25, -0.2) is 9.37 Å². The third-order valence-electron chi connectivity index (χ3n) is 7.45. The molecular weight excluding hydrogens is 367 g/mol. The van der Waals surface area contributed by atoms with Crippen LogP contribution in [0.3, 0.4) is 0 Å². The van der Waals surface area contributed by atoms with E-state index in [9.17, 15) is 4.79 Å². The summed E-state index contributed by atoms with van der Waals surface area (Å²) >= 11 is 0. The number of halogens is 1. The Kier molecular flexibility index (Phi) is 5.04. The Hall–Kier alpha value is -1.98. The first kappa shape index (κ1) is 19.0. The van der Waals surface area contributed by atoms with Gasteiger partial charge in [0.1, 0.15) is 5.67 Å². The number of allylic oxidation sites excluding steroid dienone is 2. The Morgan fingerprint density at radius 3 is 2.79 bits per heavy atom. The van der Waals surface area contributed by atoms with Gasteiger partial charge < -0.3 is 9.47 Å². The van der Waals surface area contributed by atoms with Crippen molar-refractivity contribution in [3.63, 3.8) is 0 Å². The number of nitrogens with zero attached hydrogens (tertiary/aromatic N) is 4. The molecule has 1 atom stereocenters. The van der Waals surface area contributed by atoms with Gasteiger partial charge >= 0.3 is 0 Å². The molecule has 6 heteroatoms. The number of fused-ring (bicyclic) bond motifs is 2. The fourth-order valence-electron chi connectivity index (χ4n) is 5.72. The van der Waals surface area contributed by atoms with Crippen molar-refractivity contribution < 1.29 is 9.18 Å². The fraction of sp³-hybridized carbons (Fsp3) is 0.696. The van der Waals surface area contributed by atoms with Crippen molar-refractivity contribution in [3.8, 4) is 0 Å². The topological polar surface area (TPSA) is 50.5 Å². The fourth-order valence-corrected chi connectivity index (χ4v) is 5.72. The number of piperidine rings is 1. The predicted octanol–water partition coefficient (Wildman–Crippen LogP) is 4.70. The van der Waals surface area contributed by atoms with Crippen molar-refractivity contribution >= 4 is 17.7 Å². The minimum Gasteiger partial charge on any atom is -0.342 e. The minimum absolute atomic E-state index is 0.0287. The standard InChI is InChI=1S/C23H31FN4O/c24-23(9-6-17(7-10-23)22(29)27-13-2-1-3-14-27)11-8-19-21-18(5-4-12-26-21)20-15-25-16-28(19)20/h12,15-17,19H,1-11,13-14H2. The highest BCUT2D eigenvalue weighted by Gasteiger charge is 2.40. The largest absolute Gasteiger partial charge is 0.342 e. The summed E-state index contributed by atoms with van der Waals surface area (Å²) in [5.41, 5.74) is 2.41. The molecule has 0 radical (unpaired) electrons. The highest BCUT2D eigenvalue weighted by atomic mass is 19.1. The molecule has 2 fully saturated rings. The van der Waals surface area contributed by atoms with Gasteiger partial charge in [0.2, 0.25) is 5.91 Å². The number of alkyl halides is 1. The van der Waals surface area contributed by atoms with Gasteiger partial charge in [-0.05, 0) is 70.6 Å². The molecule has 29 heavy (non-hydrogen) atoms. The molecule has 1 aromatic rings. The first-order valence-electron chi connectivity index (χ1n) is 11.4. The maximum atomic E-state index is 15.6. The molecule has 3 aliphatic heterocycles. The summed E-state index contributed by atoms with van der Waals surface area (Å²) in [5.74, 6) is 0.304. The number of carbonyl (C=O) groups excluding carboxylic acids is 1. The normalized spacial score (nSPS) is 31.7. The van der Waals surface area contributed by atoms with E-state index >= 15 is 4.39 Å². The molecule has 1 saturated carbocycles. The molecule has 1 unspecified atom stereocenters. The number of hydrogen-bond donors (Lipinski definition) is 0. The van der Waals surface area contributed by atoms with E-state index in [-0.39, 0.29) is 17.9 Å². The van der Waals surface area contributed by atoms with Crippen LogP contribution in [0, 0.1) is 5.92 Å². The second-order valence-electron chi connectivity index (χ2n) is 9.27. The quantitative estimate of drug-likeness (QED) is 0.738. The van der Waals surface area contributed by atoms with Crippen LogP contribution in [-0.4, -0.2) is 45.3 Å². The van der Waals surface area contributed by atoms with Crippen LogP contribution in [0.4, 0.5) is 4.39 Å². The van der Waals surface area contributed by atoms with E-state index in [0.29, 0.717) is 32.1 Å². The number of imidazole rings is 1. The predicted molar refractivity (Wildman–Crippen MR) is 111 cm³/mol. The molecule has 156 valence electrons. The third kappa shape index (κ3) is 3.55. The molecule has 4 heterocycles. The Labute approximate surface area is 172 Å². The van der Waals surface area contributed by atoms with Gasteiger partial charge in [-0.15, -0.1) is 0 Å². The zero-order chi connectivity index (χ0) is 19.8. The smallest absolute Gasteiger partial charge is 0.225 e. The molecule has 5 nitrogen and oxygen atoms in total. The number of amides is 1. The van der Waals surface area contributed by atoms with Crippen molar-refractivity contribution in [3.05, 3.63) is 23.9 Å². The van der Waals surface area contributed by atoms with Crippen LogP contribution in [0.2, 0.25) is 0 Å². The molecule has 5 rings (SSSR count). The number of aromatic nitrogens is 2. The molecule has 1 aromatic heterocycles. The van der Waals surface area contributed by atoms with Crippen LogP contribution in [-0.2, 0) is 4.79 Å². The van der Waals surface area contributed by atoms with Gasteiger partial charge in [0.15, 0.2) is 0 Å². The molecule has 1 aliphatic carbocycles. The van der Waals surface area contributed by atoms with Crippen LogP contribution < -0.4 is 0 Å². The summed E-state index contributed by atoms with van der Waals surface area (Å²) in [6.45, 7) is 1.78. The van der Waals surface area contributed by atoms with Crippen molar-refractivity contribution in [2.75, 3.05) is 13.1 Å². The molecular formula is C23H31FN4O. The lowest BCUT2D eigenvalue weighted by molar-refractivity contribution is -0.138. The van der Waals surface area contributed by atoms with E-state index in [1.165, 1.54) is 12.0 Å². The SMILES string of the molecule is O=C(C1CCC(F)(CCC2C3=C(CCC=N3)c3cncn32)CC1)N1CCCCC1. The maximum Gasteiger partial charge on any atom is 0.225 e. The van der Waals surface area contributed by atoms with Gasteiger partial charge in [-0.3, -0.25) is 9.79 Å². The van der Waals surface area contributed by atoms with Crippen LogP contribution >= 0.6 is 0 Å². The maximum absolute atomic E-state index is 15.6. The molecule has 0 spiro atoms. The van der Waals surface area contributed by atoms with E-state index in [4.69, 9.17) is 0 Å². The van der Waals surface area contributed by atoms with Crippen LogP contribution in [0.1, 0.15) is 82.4 Å². The lowest BCUT2D eigenvalue weighted by Gasteiger charge is -2.37. The van der Waals surface area contributed by atoms with E-state index in [1.807, 2.05) is 23.6 Å². The van der Waals surface area contributed by atoms with Gasteiger partial charge in [-0.1, -0.05) is 0 Å². The van der Waals surface area contributed by atoms with Gasteiger partial charge in [0, 0.05) is 30.8 Å². The van der Waals surface area contributed by atoms with E-state index in [2.05, 4.69) is 14.5 Å². The van der Waals surface area contributed by atoms with Crippen LogP contribution in [0.25, 0.3) is 5.57 Å². The van der Waals surface area contributed by atoms with Crippen molar-refractivity contribution in [1.29, 1.82) is 0 Å². The van der Waals surface area contributed by atoms with E-state index in [0.717, 1.165) is 56.6 Å². The molecule has 0 N–H and O–H groups in total. The Bertz CT molecular complexity index is 828. The highest BCUT2D eigenvalue weighted by molar-refractivity contribution is 5.79. The summed E-state index contributed by atoms with van der Waals surface area (Å²) < 4.78 is 17.8. The lowest BCUT2D eigenvalue weighted by Crippen LogP contribution is -2.42. The number of carbonyl (C=O) groups is 1. The molecule has 0 bridgehead atoms. The average Bonchev–Trinajstić information content (AvgIpc) is 3.34. The van der Waals surface area contributed by atoms with Gasteiger partial charge in [-0.2, -0.15) is 0 Å². The third-order valence-corrected chi connectivity index (χ3v) is 7.45. The Morgan fingerprint density at radius 1 is 1.21 bits per heavy atom. The van der Waals surface area contributed by atoms with Crippen molar-refractivity contribution in [2.24, 2.45) is 10.9 Å². The molecule has 1 amide bonds. The van der Waals surface area contributed by atoms with E-state index in [1.54, 1.807) is 0 Å². The number of hydrogen-bond acceptors (Lipinski definition) is 3. The Morgan fingerprint density at radius 2 is 2.00 bits per heavy atom. The van der Waals surface area contributed by atoms with Crippen LogP contribution in [0.5, 0.6) is 0 Å². The summed E-state index contributed by atoms with van der Waals surface area (Å²) in [4.78, 5) is 23.8. The monoisotopic (exact) mass is 398 g/mol. The summed E-state index contributed by atoms with van der Waals surface area (Å²) in [7, 11) is 0. The lowest BCUT2D eigenvalue weighted by atomic mass is 9.76. The zero-order valence-electron chi connectivity index (χ0n) is 17.2.